The first kappa shape index (κ1) is 20.7. The fourth-order valence-electron chi connectivity index (χ4n) is 0.911. The number of hydrogen-bond donors (Lipinski definition) is 0. The monoisotopic (exact) mass is 330 g/mol. The summed E-state index contributed by atoms with van der Waals surface area (Å²) in [6.45, 7) is 22.5. The van der Waals surface area contributed by atoms with Gasteiger partial charge in [-0.1, -0.05) is 41.5 Å². The van der Waals surface area contributed by atoms with Crippen molar-refractivity contribution in [2.75, 3.05) is 0 Å². The van der Waals surface area contributed by atoms with Crippen LogP contribution in [0.4, 0.5) is 0 Å². The summed E-state index contributed by atoms with van der Waals surface area (Å²) < 4.78 is 0. The van der Waals surface area contributed by atoms with Crippen LogP contribution >= 0.6 is 0 Å². The maximum Gasteiger partial charge on any atom is 0 e. The van der Waals surface area contributed by atoms with E-state index in [-0.39, 0.29) is 41.7 Å². The fraction of sp³-hybridized carbons (Fsp3) is 0.429. The minimum absolute atomic E-state index is 0. The van der Waals surface area contributed by atoms with E-state index in [0.29, 0.717) is 0 Å². The van der Waals surface area contributed by atoms with Crippen molar-refractivity contribution in [1.82, 2.24) is 0 Å². The molecule has 0 radical (unpaired) electrons. The van der Waals surface area contributed by atoms with E-state index in [1.807, 2.05) is 53.7 Å². The standard InChI is InChI=1S/2C7H11.Ce/c2*1-6(2)5-7(3)4;/h2*1,5H,2-4H3;/q2*-1;. The maximum absolute atomic E-state index is 5.33. The average Bonchev–Trinajstić information content (AvgIpc) is 1.79. The Hall–Kier alpha value is 0.337. The summed E-state index contributed by atoms with van der Waals surface area (Å²) in [6.07, 6.45) is 3.89. The first-order chi connectivity index (χ1) is 6.25. The molecule has 0 heterocycles. The van der Waals surface area contributed by atoms with Crippen LogP contribution in [0.2, 0.25) is 0 Å². The van der Waals surface area contributed by atoms with Crippen LogP contribution in [0.3, 0.4) is 0 Å². The zero-order valence-corrected chi connectivity index (χ0v) is 13.9. The molecule has 0 amide bonds. The summed E-state index contributed by atoms with van der Waals surface area (Å²) in [6, 6.07) is 0. The van der Waals surface area contributed by atoms with E-state index in [0.717, 1.165) is 11.1 Å². The van der Waals surface area contributed by atoms with Crippen LogP contribution in [0.25, 0.3) is 0 Å². The van der Waals surface area contributed by atoms with Crippen LogP contribution < -0.4 is 0 Å². The predicted octanol–water partition coefficient (Wildman–Crippen LogP) is 4.66. The van der Waals surface area contributed by atoms with Gasteiger partial charge in [-0.2, -0.15) is 11.1 Å². The van der Waals surface area contributed by atoms with E-state index in [9.17, 15) is 0 Å². The molecule has 0 unspecified atom stereocenters. The van der Waals surface area contributed by atoms with E-state index in [2.05, 4.69) is 0 Å². The molecule has 15 heavy (non-hydrogen) atoms. The van der Waals surface area contributed by atoms with Gasteiger partial charge in [0.2, 0.25) is 0 Å². The minimum atomic E-state index is 0. The van der Waals surface area contributed by atoms with Gasteiger partial charge in [-0.05, 0) is 0 Å². The molecular formula is C14H22Ce-2. The summed E-state index contributed by atoms with van der Waals surface area (Å²) in [5, 5.41) is 0. The smallest absolute Gasteiger partial charge is 0 e. The fourth-order valence-corrected chi connectivity index (χ4v) is 0.911. The summed E-state index contributed by atoms with van der Waals surface area (Å²) in [5.41, 5.74) is 4.25. The van der Waals surface area contributed by atoms with E-state index in [1.165, 1.54) is 11.1 Å². The molecule has 84 valence electrons. The second-order valence-electron chi connectivity index (χ2n) is 3.93. The Labute approximate surface area is 130 Å². The molecule has 1 heteroatoms. The minimum Gasteiger partial charge on any atom is -0.290 e. The van der Waals surface area contributed by atoms with Crippen molar-refractivity contribution in [3.05, 3.63) is 47.6 Å². The zero-order valence-electron chi connectivity index (χ0n) is 10.8. The molecule has 0 nitrogen and oxygen atoms in total. The molecule has 0 bridgehead atoms. The molecule has 0 fully saturated rings. The number of rotatable bonds is 2. The van der Waals surface area contributed by atoms with Gasteiger partial charge in [0.15, 0.2) is 0 Å². The van der Waals surface area contributed by atoms with Gasteiger partial charge in [0.05, 0.1) is 0 Å². The van der Waals surface area contributed by atoms with Crippen LogP contribution in [0.15, 0.2) is 34.4 Å². The van der Waals surface area contributed by atoms with Crippen LogP contribution in [0.1, 0.15) is 41.5 Å². The van der Waals surface area contributed by atoms with E-state index >= 15 is 0 Å². The Bertz CT molecular complexity index is 219. The normalized spacial score (nSPS) is 7.33. The van der Waals surface area contributed by atoms with Crippen LogP contribution in [0.5, 0.6) is 0 Å². The Morgan fingerprint density at radius 3 is 0.867 bits per heavy atom. The van der Waals surface area contributed by atoms with Crippen LogP contribution in [-0.2, 0) is 0 Å². The molecule has 0 atom stereocenters. The molecule has 0 saturated heterocycles. The third-order valence-corrected chi connectivity index (χ3v) is 1.03. The predicted molar refractivity (Wildman–Crippen MR) is 65.8 cm³/mol. The van der Waals surface area contributed by atoms with Crippen molar-refractivity contribution >= 4 is 0 Å². The van der Waals surface area contributed by atoms with Crippen LogP contribution in [0, 0.1) is 54.9 Å². The molecule has 0 aromatic heterocycles. The Balaban J connectivity index is -0.000000180. The molecule has 0 aliphatic carbocycles. The van der Waals surface area contributed by atoms with Gasteiger partial charge in [-0.3, -0.25) is 13.2 Å². The molecule has 0 aliphatic heterocycles. The SMILES string of the molecule is [CH-]=C(C)C=C(C)C.[CH-]=C(C)C=C(C)C.[Ce]. The first-order valence-electron chi connectivity index (χ1n) is 4.73. The quantitative estimate of drug-likeness (QED) is 0.510. The van der Waals surface area contributed by atoms with Crippen molar-refractivity contribution in [2.45, 2.75) is 41.5 Å². The Morgan fingerprint density at radius 1 is 0.667 bits per heavy atom. The molecular weight excluding hydrogens is 308 g/mol. The van der Waals surface area contributed by atoms with Gasteiger partial charge < -0.3 is 0 Å². The van der Waals surface area contributed by atoms with Gasteiger partial charge in [0, 0.05) is 41.7 Å². The van der Waals surface area contributed by atoms with Crippen LogP contribution in [-0.4, -0.2) is 0 Å². The first-order valence-corrected chi connectivity index (χ1v) is 4.73. The maximum atomic E-state index is 5.33. The Morgan fingerprint density at radius 2 is 0.867 bits per heavy atom. The van der Waals surface area contributed by atoms with Gasteiger partial charge in [0.1, 0.15) is 0 Å². The second kappa shape index (κ2) is 12.4. The van der Waals surface area contributed by atoms with Gasteiger partial charge in [-0.15, -0.1) is 0 Å². The van der Waals surface area contributed by atoms with Crippen molar-refractivity contribution in [1.29, 1.82) is 0 Å². The van der Waals surface area contributed by atoms with Gasteiger partial charge in [-0.25, -0.2) is 23.3 Å². The molecule has 0 aliphatic rings. The third kappa shape index (κ3) is 31.4. The van der Waals surface area contributed by atoms with Crippen molar-refractivity contribution in [2.24, 2.45) is 0 Å². The van der Waals surface area contributed by atoms with Gasteiger partial charge in [0.25, 0.3) is 0 Å². The number of allylic oxidation sites excluding steroid dienone is 6. The molecule has 0 N–H and O–H groups in total. The van der Waals surface area contributed by atoms with E-state index in [4.69, 9.17) is 13.2 Å². The average molecular weight is 330 g/mol. The number of hydrogen-bond acceptors (Lipinski definition) is 0. The second-order valence-corrected chi connectivity index (χ2v) is 3.93. The molecule has 0 aromatic carbocycles. The van der Waals surface area contributed by atoms with Gasteiger partial charge >= 0.3 is 0 Å². The largest absolute Gasteiger partial charge is 0.290 e. The van der Waals surface area contributed by atoms with E-state index in [1.54, 1.807) is 0 Å². The third-order valence-electron chi connectivity index (χ3n) is 1.03. The molecule has 0 spiro atoms. The van der Waals surface area contributed by atoms with E-state index < -0.39 is 0 Å². The summed E-state index contributed by atoms with van der Waals surface area (Å²) >= 11 is 0. The molecule has 0 saturated carbocycles. The van der Waals surface area contributed by atoms with Crippen molar-refractivity contribution in [3.63, 3.8) is 0 Å². The topological polar surface area (TPSA) is 0 Å². The molecule has 0 rings (SSSR count). The molecule has 0 aromatic rings. The van der Waals surface area contributed by atoms with Crippen molar-refractivity contribution in [3.8, 4) is 0 Å². The zero-order chi connectivity index (χ0) is 11.7. The Kier molecular flexibility index (Phi) is 17.1. The summed E-state index contributed by atoms with van der Waals surface area (Å²) in [7, 11) is 0. The van der Waals surface area contributed by atoms with Crippen molar-refractivity contribution < 1.29 is 41.7 Å². The summed E-state index contributed by atoms with van der Waals surface area (Å²) in [5.74, 6) is 0. The summed E-state index contributed by atoms with van der Waals surface area (Å²) in [4.78, 5) is 0.